The summed E-state index contributed by atoms with van der Waals surface area (Å²) in [6.07, 6.45) is 0.269. The fourth-order valence-corrected chi connectivity index (χ4v) is 6.83. The van der Waals surface area contributed by atoms with Gasteiger partial charge in [0.15, 0.2) is 0 Å². The number of fused-ring (bicyclic) bond motifs is 1. The first-order valence-corrected chi connectivity index (χ1v) is 13.5. The third-order valence-corrected chi connectivity index (χ3v) is 9.22. The summed E-state index contributed by atoms with van der Waals surface area (Å²) in [6, 6.07) is 16.6. The smallest absolute Gasteiger partial charge is 0.253 e. The number of amides is 2. The Morgan fingerprint density at radius 2 is 1.76 bits per heavy atom. The lowest BCUT2D eigenvalue weighted by Crippen LogP contribution is -2.50. The number of benzene rings is 2. The number of rotatable bonds is 7. The Kier molecular flexibility index (Phi) is 7.16. The molecule has 1 aromatic heterocycles. The number of hydrogen-bond donors (Lipinski definition) is 1. The molecule has 178 valence electrons. The zero-order valence-corrected chi connectivity index (χ0v) is 20.7. The van der Waals surface area contributed by atoms with Crippen LogP contribution in [0.3, 0.4) is 0 Å². The van der Waals surface area contributed by atoms with Crippen molar-refractivity contribution in [1.82, 2.24) is 9.21 Å². The molecule has 2 amide bonds. The second-order valence-corrected chi connectivity index (χ2v) is 11.1. The average molecular weight is 498 g/mol. The van der Waals surface area contributed by atoms with Gasteiger partial charge in [-0.05, 0) is 61.0 Å². The van der Waals surface area contributed by atoms with E-state index in [0.29, 0.717) is 24.3 Å². The Bertz CT molecular complexity index is 1290. The van der Waals surface area contributed by atoms with Crippen LogP contribution in [0.4, 0.5) is 5.69 Å². The number of nitrogens with one attached hydrogen (secondary N) is 1. The Balaban J connectivity index is 1.63. The van der Waals surface area contributed by atoms with E-state index in [1.165, 1.54) is 4.31 Å². The van der Waals surface area contributed by atoms with E-state index in [1.807, 2.05) is 38.1 Å². The summed E-state index contributed by atoms with van der Waals surface area (Å²) in [4.78, 5) is 27.9. The summed E-state index contributed by atoms with van der Waals surface area (Å²) in [5, 5.41) is 4.55. The SMILES string of the molecule is CCN(CC)C(=O)c1cccc(NC(=O)[C@@H]2Cc3ccccc3CN2S(=O)(=O)c2cccs2)c1. The summed E-state index contributed by atoms with van der Waals surface area (Å²) < 4.78 is 28.3. The van der Waals surface area contributed by atoms with Gasteiger partial charge in [-0.2, -0.15) is 4.31 Å². The molecule has 0 fully saturated rings. The van der Waals surface area contributed by atoms with Gasteiger partial charge in [-0.15, -0.1) is 11.3 Å². The Morgan fingerprint density at radius 3 is 2.44 bits per heavy atom. The fraction of sp³-hybridized carbons (Fsp3) is 0.280. The molecule has 1 aliphatic rings. The molecular formula is C25H27N3O4S2. The van der Waals surface area contributed by atoms with E-state index in [9.17, 15) is 18.0 Å². The maximum atomic E-state index is 13.4. The third kappa shape index (κ3) is 4.77. The summed E-state index contributed by atoms with van der Waals surface area (Å²) in [6.45, 7) is 5.12. The Morgan fingerprint density at radius 1 is 1.03 bits per heavy atom. The molecule has 0 saturated carbocycles. The molecule has 0 aliphatic carbocycles. The summed E-state index contributed by atoms with van der Waals surface area (Å²) >= 11 is 1.13. The molecular weight excluding hydrogens is 470 g/mol. The predicted octanol–water partition coefficient (Wildman–Crippen LogP) is 3.98. The van der Waals surface area contributed by atoms with Crippen LogP contribution < -0.4 is 5.32 Å². The lowest BCUT2D eigenvalue weighted by molar-refractivity contribution is -0.120. The highest BCUT2D eigenvalue weighted by molar-refractivity contribution is 7.91. The van der Waals surface area contributed by atoms with E-state index in [1.54, 1.807) is 46.7 Å². The van der Waals surface area contributed by atoms with Crippen LogP contribution in [0.15, 0.2) is 70.3 Å². The fourth-order valence-electron chi connectivity index (χ4n) is 4.15. The van der Waals surface area contributed by atoms with Gasteiger partial charge in [-0.1, -0.05) is 36.4 Å². The Labute approximate surface area is 204 Å². The largest absolute Gasteiger partial charge is 0.339 e. The first-order valence-electron chi connectivity index (χ1n) is 11.2. The molecule has 0 saturated heterocycles. The molecule has 1 atom stereocenters. The second kappa shape index (κ2) is 10.1. The Hall–Kier alpha value is -3.01. The van der Waals surface area contributed by atoms with Crippen LogP contribution in [0, 0.1) is 0 Å². The molecule has 0 unspecified atom stereocenters. The number of carbonyl (C=O) groups is 2. The van der Waals surface area contributed by atoms with Gasteiger partial charge >= 0.3 is 0 Å². The lowest BCUT2D eigenvalue weighted by atomic mass is 9.95. The van der Waals surface area contributed by atoms with Crippen molar-refractivity contribution in [1.29, 1.82) is 0 Å². The van der Waals surface area contributed by atoms with E-state index >= 15 is 0 Å². The van der Waals surface area contributed by atoms with Crippen molar-refractivity contribution in [2.45, 2.75) is 37.1 Å². The van der Waals surface area contributed by atoms with Crippen molar-refractivity contribution in [3.63, 3.8) is 0 Å². The van der Waals surface area contributed by atoms with E-state index in [2.05, 4.69) is 5.32 Å². The van der Waals surface area contributed by atoms with Gasteiger partial charge in [-0.25, -0.2) is 8.42 Å². The number of sulfonamides is 1. The van der Waals surface area contributed by atoms with E-state index < -0.39 is 22.0 Å². The maximum Gasteiger partial charge on any atom is 0.253 e. The monoisotopic (exact) mass is 497 g/mol. The van der Waals surface area contributed by atoms with Crippen molar-refractivity contribution in [2.24, 2.45) is 0 Å². The second-order valence-electron chi connectivity index (χ2n) is 8.02. The molecule has 0 bridgehead atoms. The van der Waals surface area contributed by atoms with Gasteiger partial charge in [-0.3, -0.25) is 9.59 Å². The zero-order chi connectivity index (χ0) is 24.3. The first-order chi connectivity index (χ1) is 16.3. The molecule has 34 heavy (non-hydrogen) atoms. The maximum absolute atomic E-state index is 13.4. The van der Waals surface area contributed by atoms with Crippen molar-refractivity contribution >= 4 is 38.9 Å². The van der Waals surface area contributed by atoms with Crippen LogP contribution in [-0.2, 0) is 27.8 Å². The van der Waals surface area contributed by atoms with E-state index in [0.717, 1.165) is 22.5 Å². The first kappa shape index (κ1) is 24.1. The highest BCUT2D eigenvalue weighted by atomic mass is 32.2. The highest BCUT2D eigenvalue weighted by Crippen LogP contribution is 2.31. The molecule has 7 nitrogen and oxygen atoms in total. The molecule has 1 aliphatic heterocycles. The topological polar surface area (TPSA) is 86.8 Å². The van der Waals surface area contributed by atoms with Crippen LogP contribution >= 0.6 is 11.3 Å². The molecule has 2 aromatic carbocycles. The minimum Gasteiger partial charge on any atom is -0.339 e. The third-order valence-electron chi connectivity index (χ3n) is 5.99. The van der Waals surface area contributed by atoms with Crippen LogP contribution in [-0.4, -0.2) is 48.6 Å². The lowest BCUT2D eigenvalue weighted by Gasteiger charge is -2.34. The molecule has 0 spiro atoms. The molecule has 2 heterocycles. The molecule has 4 rings (SSSR count). The number of thiophene rings is 1. The summed E-state index contributed by atoms with van der Waals surface area (Å²) in [7, 11) is -3.86. The summed E-state index contributed by atoms with van der Waals surface area (Å²) in [5.41, 5.74) is 2.76. The predicted molar refractivity (Wildman–Crippen MR) is 133 cm³/mol. The minimum atomic E-state index is -3.86. The summed E-state index contributed by atoms with van der Waals surface area (Å²) in [5.74, 6) is -0.545. The van der Waals surface area contributed by atoms with E-state index in [-0.39, 0.29) is 23.1 Å². The van der Waals surface area contributed by atoms with Crippen molar-refractivity contribution in [2.75, 3.05) is 18.4 Å². The number of hydrogen-bond acceptors (Lipinski definition) is 5. The number of nitrogens with zero attached hydrogens (tertiary/aromatic N) is 2. The molecule has 0 radical (unpaired) electrons. The average Bonchev–Trinajstić information content (AvgIpc) is 3.40. The van der Waals surface area contributed by atoms with Gasteiger partial charge < -0.3 is 10.2 Å². The molecule has 3 aromatic rings. The standard InChI is InChI=1S/C25H27N3O4S2/c1-3-27(4-2)25(30)19-11-7-12-21(15-19)26-24(29)22-16-18-9-5-6-10-20(18)17-28(22)34(31,32)23-13-8-14-33-23/h5-15,22H,3-4,16-17H2,1-2H3,(H,26,29)/t22-/m0/s1. The van der Waals surface area contributed by atoms with Crippen LogP contribution in [0.1, 0.15) is 35.3 Å². The van der Waals surface area contributed by atoms with Gasteiger partial charge in [0.2, 0.25) is 5.91 Å². The zero-order valence-electron chi connectivity index (χ0n) is 19.1. The quantitative estimate of drug-likeness (QED) is 0.535. The van der Waals surface area contributed by atoms with Gasteiger partial charge in [0.25, 0.3) is 15.9 Å². The van der Waals surface area contributed by atoms with Crippen LogP contribution in [0.5, 0.6) is 0 Å². The van der Waals surface area contributed by atoms with Crippen LogP contribution in [0.25, 0.3) is 0 Å². The number of carbonyl (C=O) groups excluding carboxylic acids is 2. The van der Waals surface area contributed by atoms with Crippen molar-refractivity contribution in [3.8, 4) is 0 Å². The van der Waals surface area contributed by atoms with Gasteiger partial charge in [0.05, 0.1) is 0 Å². The van der Waals surface area contributed by atoms with Crippen molar-refractivity contribution < 1.29 is 18.0 Å². The van der Waals surface area contributed by atoms with Gasteiger partial charge in [0.1, 0.15) is 10.3 Å². The minimum absolute atomic E-state index is 0.116. The molecule has 1 N–H and O–H groups in total. The highest BCUT2D eigenvalue weighted by Gasteiger charge is 2.40. The number of anilines is 1. The van der Waals surface area contributed by atoms with Crippen LogP contribution in [0.2, 0.25) is 0 Å². The normalized spacial score (nSPS) is 16.0. The molecule has 9 heteroatoms. The van der Waals surface area contributed by atoms with Gasteiger partial charge in [0, 0.05) is 30.9 Å². The van der Waals surface area contributed by atoms with E-state index in [4.69, 9.17) is 0 Å². The van der Waals surface area contributed by atoms with Crippen molar-refractivity contribution in [3.05, 3.63) is 82.7 Å².